The number of aromatic nitrogens is 2. The van der Waals surface area contributed by atoms with Crippen molar-refractivity contribution in [1.29, 1.82) is 0 Å². The van der Waals surface area contributed by atoms with E-state index in [1.807, 2.05) is 39.9 Å². The highest BCUT2D eigenvalue weighted by atomic mass is 16.2. The Morgan fingerprint density at radius 3 is 2.73 bits per heavy atom. The van der Waals surface area contributed by atoms with Crippen molar-refractivity contribution in [2.75, 3.05) is 19.6 Å². The molecule has 22 heavy (non-hydrogen) atoms. The van der Waals surface area contributed by atoms with Gasteiger partial charge in [-0.1, -0.05) is 19.1 Å². The van der Waals surface area contributed by atoms with E-state index in [2.05, 4.69) is 11.9 Å². The predicted molar refractivity (Wildman–Crippen MR) is 85.5 cm³/mol. The lowest BCUT2D eigenvalue weighted by Crippen LogP contribution is -2.34. The van der Waals surface area contributed by atoms with Crippen molar-refractivity contribution >= 4 is 5.91 Å². The second-order valence-corrected chi connectivity index (χ2v) is 6.42. The van der Waals surface area contributed by atoms with Crippen molar-refractivity contribution in [3.8, 4) is 0 Å². The van der Waals surface area contributed by atoms with Crippen LogP contribution < -0.4 is 5.73 Å². The number of carbonyl (C=O) groups is 1. The molecule has 0 aliphatic carbocycles. The number of amides is 1. The number of benzene rings is 1. The van der Waals surface area contributed by atoms with Crippen LogP contribution in [0.3, 0.4) is 0 Å². The Labute approximate surface area is 130 Å². The zero-order valence-corrected chi connectivity index (χ0v) is 12.9. The molecule has 1 saturated heterocycles. The van der Waals surface area contributed by atoms with E-state index in [9.17, 15) is 4.79 Å². The van der Waals surface area contributed by atoms with Crippen molar-refractivity contribution in [2.45, 2.75) is 19.9 Å². The van der Waals surface area contributed by atoms with Gasteiger partial charge >= 0.3 is 0 Å². The van der Waals surface area contributed by atoms with Gasteiger partial charge in [-0.15, -0.1) is 0 Å². The van der Waals surface area contributed by atoms with Crippen LogP contribution in [0.1, 0.15) is 29.3 Å². The van der Waals surface area contributed by atoms with Gasteiger partial charge in [0.25, 0.3) is 5.91 Å². The van der Waals surface area contributed by atoms with Crippen molar-refractivity contribution in [3.63, 3.8) is 0 Å². The summed E-state index contributed by atoms with van der Waals surface area (Å²) in [5, 5.41) is 0. The summed E-state index contributed by atoms with van der Waals surface area (Å²) in [6, 6.07) is 7.83. The summed E-state index contributed by atoms with van der Waals surface area (Å²) in [5.74, 6) is 0.103. The summed E-state index contributed by atoms with van der Waals surface area (Å²) in [4.78, 5) is 18.5. The second-order valence-electron chi connectivity index (χ2n) is 6.42. The van der Waals surface area contributed by atoms with Gasteiger partial charge in [0, 0.05) is 37.6 Å². The highest BCUT2D eigenvalue weighted by Gasteiger charge is 2.35. The molecule has 0 radical (unpaired) electrons. The summed E-state index contributed by atoms with van der Waals surface area (Å²) < 4.78 is 2.00. The van der Waals surface area contributed by atoms with Gasteiger partial charge in [-0.2, -0.15) is 0 Å². The Morgan fingerprint density at radius 2 is 2.14 bits per heavy atom. The summed E-state index contributed by atoms with van der Waals surface area (Å²) in [7, 11) is 0. The minimum absolute atomic E-state index is 0.0665. The van der Waals surface area contributed by atoms with E-state index >= 15 is 0 Å². The van der Waals surface area contributed by atoms with Gasteiger partial charge < -0.3 is 15.2 Å². The smallest absolute Gasteiger partial charge is 0.253 e. The highest BCUT2D eigenvalue weighted by Crippen LogP contribution is 2.29. The number of rotatable bonds is 4. The average Bonchev–Trinajstić information content (AvgIpc) is 3.18. The molecule has 1 unspecified atom stereocenters. The van der Waals surface area contributed by atoms with Crippen molar-refractivity contribution in [3.05, 3.63) is 54.1 Å². The molecular weight excluding hydrogens is 276 g/mol. The molecule has 0 spiro atoms. The number of likely N-dealkylation sites (tertiary alicyclic amines) is 1. The standard InChI is InChI=1S/C17H22N4O/c1-17(11-18)6-8-21(12-17)16(22)15-4-2-14(3-5-15)10-20-9-7-19-13-20/h2-5,7,9,13H,6,8,10-12,18H2,1H3. The topological polar surface area (TPSA) is 64.2 Å². The fourth-order valence-electron chi connectivity index (χ4n) is 2.89. The molecule has 2 aromatic rings. The van der Waals surface area contributed by atoms with Gasteiger partial charge in [0.2, 0.25) is 0 Å². The van der Waals surface area contributed by atoms with E-state index < -0.39 is 0 Å². The molecule has 1 aromatic carbocycles. The highest BCUT2D eigenvalue weighted by molar-refractivity contribution is 5.94. The number of nitrogens with two attached hydrogens (primary N) is 1. The van der Waals surface area contributed by atoms with E-state index in [0.717, 1.165) is 37.2 Å². The van der Waals surface area contributed by atoms with E-state index in [0.29, 0.717) is 6.54 Å². The van der Waals surface area contributed by atoms with Gasteiger partial charge in [0.1, 0.15) is 0 Å². The molecule has 1 atom stereocenters. The van der Waals surface area contributed by atoms with Crippen molar-refractivity contribution in [1.82, 2.24) is 14.5 Å². The summed E-state index contributed by atoms with van der Waals surface area (Å²) >= 11 is 0. The Morgan fingerprint density at radius 1 is 1.36 bits per heavy atom. The maximum absolute atomic E-state index is 12.5. The van der Waals surface area contributed by atoms with E-state index in [-0.39, 0.29) is 11.3 Å². The maximum atomic E-state index is 12.5. The molecule has 0 saturated carbocycles. The van der Waals surface area contributed by atoms with Crippen LogP contribution in [0.5, 0.6) is 0 Å². The SMILES string of the molecule is CC1(CN)CCN(C(=O)c2ccc(Cn3ccnc3)cc2)C1. The number of carbonyl (C=O) groups excluding carboxylic acids is 1. The molecule has 1 aliphatic rings. The number of hydrogen-bond acceptors (Lipinski definition) is 3. The zero-order valence-electron chi connectivity index (χ0n) is 12.9. The van der Waals surface area contributed by atoms with Gasteiger partial charge in [0.15, 0.2) is 0 Å². The quantitative estimate of drug-likeness (QED) is 0.935. The van der Waals surface area contributed by atoms with E-state index in [4.69, 9.17) is 5.73 Å². The predicted octanol–water partition coefficient (Wildman–Crippen LogP) is 1.74. The lowest BCUT2D eigenvalue weighted by molar-refractivity contribution is 0.0777. The Hall–Kier alpha value is -2.14. The summed E-state index contributed by atoms with van der Waals surface area (Å²) in [6.07, 6.45) is 6.46. The third-order valence-corrected chi connectivity index (χ3v) is 4.46. The fraction of sp³-hybridized carbons (Fsp3) is 0.412. The first-order valence-electron chi connectivity index (χ1n) is 7.64. The van der Waals surface area contributed by atoms with Crippen molar-refractivity contribution < 1.29 is 4.79 Å². The van der Waals surface area contributed by atoms with Crippen molar-refractivity contribution in [2.24, 2.45) is 11.1 Å². The largest absolute Gasteiger partial charge is 0.338 e. The van der Waals surface area contributed by atoms with Gasteiger partial charge in [0.05, 0.1) is 6.33 Å². The van der Waals surface area contributed by atoms with Crippen LogP contribution in [-0.4, -0.2) is 40.0 Å². The molecular formula is C17H22N4O. The third kappa shape index (κ3) is 3.04. The molecule has 1 aromatic heterocycles. The van der Waals surface area contributed by atoms with Crippen LogP contribution in [0.15, 0.2) is 43.0 Å². The van der Waals surface area contributed by atoms with Gasteiger partial charge in [-0.05, 0) is 36.1 Å². The van der Waals surface area contributed by atoms with Crippen LogP contribution in [0, 0.1) is 5.41 Å². The molecule has 2 heterocycles. The molecule has 3 rings (SSSR count). The Balaban J connectivity index is 1.66. The third-order valence-electron chi connectivity index (χ3n) is 4.46. The molecule has 5 heteroatoms. The molecule has 1 aliphatic heterocycles. The zero-order chi connectivity index (χ0) is 15.6. The van der Waals surface area contributed by atoms with E-state index in [1.165, 1.54) is 0 Å². The van der Waals surface area contributed by atoms with E-state index in [1.54, 1.807) is 12.5 Å². The molecule has 116 valence electrons. The summed E-state index contributed by atoms with van der Waals surface area (Å²) in [5.41, 5.74) is 7.78. The van der Waals surface area contributed by atoms with Crippen LogP contribution in [-0.2, 0) is 6.54 Å². The molecule has 1 fully saturated rings. The minimum atomic E-state index is 0.0665. The fourth-order valence-corrected chi connectivity index (χ4v) is 2.89. The molecule has 2 N–H and O–H groups in total. The number of imidazole rings is 1. The number of hydrogen-bond donors (Lipinski definition) is 1. The van der Waals surface area contributed by atoms with Crippen LogP contribution in [0.2, 0.25) is 0 Å². The lowest BCUT2D eigenvalue weighted by atomic mass is 9.90. The normalized spacial score (nSPS) is 21.3. The molecule has 0 bridgehead atoms. The van der Waals surface area contributed by atoms with Crippen LogP contribution in [0.4, 0.5) is 0 Å². The number of nitrogens with zero attached hydrogens (tertiary/aromatic N) is 3. The average molecular weight is 298 g/mol. The summed E-state index contributed by atoms with van der Waals surface area (Å²) in [6.45, 7) is 5.08. The van der Waals surface area contributed by atoms with Crippen LogP contribution >= 0.6 is 0 Å². The Bertz CT molecular complexity index is 635. The lowest BCUT2D eigenvalue weighted by Gasteiger charge is -2.22. The van der Waals surface area contributed by atoms with Crippen LogP contribution in [0.25, 0.3) is 0 Å². The first-order chi connectivity index (χ1) is 10.6. The monoisotopic (exact) mass is 298 g/mol. The first kappa shape index (κ1) is 14.8. The van der Waals surface area contributed by atoms with Gasteiger partial charge in [-0.25, -0.2) is 4.98 Å². The Kier molecular flexibility index (Phi) is 3.98. The second kappa shape index (κ2) is 5.93. The van der Waals surface area contributed by atoms with Gasteiger partial charge in [-0.3, -0.25) is 4.79 Å². The molecule has 5 nitrogen and oxygen atoms in total. The first-order valence-corrected chi connectivity index (χ1v) is 7.64. The maximum Gasteiger partial charge on any atom is 0.253 e. The minimum Gasteiger partial charge on any atom is -0.338 e. The molecule has 1 amide bonds.